The molecule has 1 fully saturated rings. The average Bonchev–Trinajstić information content (AvgIpc) is 2.93. The molecule has 2 aliphatic heterocycles. The quantitative estimate of drug-likeness (QED) is 0.406. The van der Waals surface area contributed by atoms with Crippen molar-refractivity contribution in [2.45, 2.75) is 25.9 Å². The van der Waals surface area contributed by atoms with E-state index in [9.17, 15) is 10.1 Å². The van der Waals surface area contributed by atoms with Crippen LogP contribution < -0.4 is 14.4 Å². The third-order valence-electron chi connectivity index (χ3n) is 6.34. The Kier molecular flexibility index (Phi) is 7.15. The molecule has 0 saturated carbocycles. The van der Waals surface area contributed by atoms with Gasteiger partial charge in [-0.15, -0.1) is 0 Å². The zero-order valence-corrected chi connectivity index (χ0v) is 20.9. The highest BCUT2D eigenvalue weighted by Crippen LogP contribution is 2.43. The molecule has 1 saturated heterocycles. The predicted molar refractivity (Wildman–Crippen MR) is 141 cm³/mol. The molecule has 1 amide bonds. The van der Waals surface area contributed by atoms with Crippen LogP contribution in [-0.2, 0) is 11.4 Å². The Bertz CT molecular complexity index is 1280. The molecule has 0 spiro atoms. The molecule has 7 heteroatoms. The van der Waals surface area contributed by atoms with Crippen LogP contribution in [0.25, 0.3) is 0 Å². The van der Waals surface area contributed by atoms with E-state index in [1.165, 1.54) is 0 Å². The molecule has 36 heavy (non-hydrogen) atoms. The molecule has 0 bridgehead atoms. The summed E-state index contributed by atoms with van der Waals surface area (Å²) in [6, 6.07) is 28.1. The van der Waals surface area contributed by atoms with Crippen molar-refractivity contribution in [3.05, 3.63) is 101 Å². The molecular weight excluding hydrogens is 470 g/mol. The summed E-state index contributed by atoms with van der Waals surface area (Å²) in [6.45, 7) is 3.50. The third kappa shape index (κ3) is 5.05. The first kappa shape index (κ1) is 23.8. The predicted octanol–water partition coefficient (Wildman–Crippen LogP) is 5.88. The highest BCUT2D eigenvalue weighted by Gasteiger charge is 2.38. The van der Waals surface area contributed by atoms with E-state index in [4.69, 9.17) is 9.47 Å². The maximum atomic E-state index is 13.2. The van der Waals surface area contributed by atoms with Crippen LogP contribution in [0.5, 0.6) is 11.5 Å². The molecule has 0 aromatic heterocycles. The Morgan fingerprint density at radius 2 is 1.67 bits per heavy atom. The maximum Gasteiger partial charge on any atom is 0.229 e. The second-order valence-electron chi connectivity index (χ2n) is 8.63. The van der Waals surface area contributed by atoms with Crippen molar-refractivity contribution in [2.75, 3.05) is 24.1 Å². The fraction of sp³-hybridized carbons (Fsp3) is 0.241. The third-order valence-corrected chi connectivity index (χ3v) is 7.49. The number of nitriles is 1. The van der Waals surface area contributed by atoms with Crippen molar-refractivity contribution in [2.24, 2.45) is 0 Å². The summed E-state index contributed by atoms with van der Waals surface area (Å²) in [4.78, 5) is 17.1. The van der Waals surface area contributed by atoms with Crippen molar-refractivity contribution in [1.29, 1.82) is 5.26 Å². The summed E-state index contributed by atoms with van der Waals surface area (Å²) in [7, 11) is 0. The molecule has 6 nitrogen and oxygen atoms in total. The van der Waals surface area contributed by atoms with Gasteiger partial charge in [0.1, 0.15) is 18.1 Å². The van der Waals surface area contributed by atoms with Crippen LogP contribution in [0, 0.1) is 11.3 Å². The number of hydrogen-bond donors (Lipinski definition) is 0. The zero-order chi connectivity index (χ0) is 24.9. The number of nitrogens with zero attached hydrogens (tertiary/aromatic N) is 3. The van der Waals surface area contributed by atoms with Crippen molar-refractivity contribution in [1.82, 2.24) is 4.90 Å². The van der Waals surface area contributed by atoms with E-state index in [1.807, 2.05) is 85.8 Å². The Morgan fingerprint density at radius 1 is 0.972 bits per heavy atom. The monoisotopic (exact) mass is 497 g/mol. The smallest absolute Gasteiger partial charge is 0.229 e. The molecular formula is C29H27N3O3S. The van der Waals surface area contributed by atoms with Gasteiger partial charge in [-0.1, -0.05) is 54.2 Å². The van der Waals surface area contributed by atoms with Gasteiger partial charge in [-0.2, -0.15) is 5.26 Å². The van der Waals surface area contributed by atoms with Crippen molar-refractivity contribution in [3.63, 3.8) is 0 Å². The molecule has 0 radical (unpaired) electrons. The van der Waals surface area contributed by atoms with Crippen molar-refractivity contribution >= 4 is 23.4 Å². The Morgan fingerprint density at radius 3 is 2.36 bits per heavy atom. The first-order valence-electron chi connectivity index (χ1n) is 12.0. The van der Waals surface area contributed by atoms with Gasteiger partial charge < -0.3 is 14.4 Å². The molecule has 2 heterocycles. The Hall–Kier alpha value is -3.89. The number of ether oxygens (including phenoxy) is 2. The number of hydrogen-bond acceptors (Lipinski definition) is 6. The lowest BCUT2D eigenvalue weighted by Crippen LogP contribution is -2.47. The summed E-state index contributed by atoms with van der Waals surface area (Å²) in [5.74, 6) is 2.03. The standard InChI is InChI=1S/C29H27N3O3S/c1-2-34-24-14-10-23(11-15-24)31-19-32-28(33)16-26(27(17-30)29(32)36-20-31)22-8-12-25(13-9-22)35-18-21-6-4-3-5-7-21/h3-15,26H,2,16,18-20H2,1H3/t26-/m1/s1. The largest absolute Gasteiger partial charge is 0.494 e. The number of rotatable bonds is 7. The van der Waals surface area contributed by atoms with Crippen LogP contribution >= 0.6 is 11.8 Å². The SMILES string of the molecule is CCOc1ccc(N2CSC3=C(C#N)[C@@H](c4ccc(OCc5ccccc5)cc4)CC(=O)N3C2)cc1. The minimum atomic E-state index is -0.249. The first-order valence-corrected chi connectivity index (χ1v) is 13.0. The summed E-state index contributed by atoms with van der Waals surface area (Å²) < 4.78 is 11.4. The Balaban J connectivity index is 1.30. The van der Waals surface area contributed by atoms with Crippen LogP contribution in [0.15, 0.2) is 89.5 Å². The van der Waals surface area contributed by atoms with Gasteiger partial charge in [0.25, 0.3) is 0 Å². The lowest BCUT2D eigenvalue weighted by atomic mass is 9.86. The number of fused-ring (bicyclic) bond motifs is 1. The van der Waals surface area contributed by atoms with Gasteiger partial charge in [0, 0.05) is 18.0 Å². The van der Waals surface area contributed by atoms with Gasteiger partial charge in [0.2, 0.25) is 5.91 Å². The van der Waals surface area contributed by atoms with E-state index in [1.54, 1.807) is 16.7 Å². The van der Waals surface area contributed by atoms with Crippen LogP contribution in [0.3, 0.4) is 0 Å². The number of carbonyl (C=O) groups excluding carboxylic acids is 1. The summed E-state index contributed by atoms with van der Waals surface area (Å²) in [5, 5.41) is 10.8. The van der Waals surface area contributed by atoms with Gasteiger partial charge in [0.05, 0.1) is 35.8 Å². The highest BCUT2D eigenvalue weighted by atomic mass is 32.2. The normalized spacial score (nSPS) is 17.4. The minimum Gasteiger partial charge on any atom is -0.494 e. The van der Waals surface area contributed by atoms with Crippen LogP contribution in [0.1, 0.15) is 30.4 Å². The average molecular weight is 498 g/mol. The molecule has 1 atom stereocenters. The van der Waals surface area contributed by atoms with E-state index in [-0.39, 0.29) is 18.2 Å². The molecule has 0 aliphatic carbocycles. The van der Waals surface area contributed by atoms with Crippen LogP contribution in [-0.4, -0.2) is 30.0 Å². The molecule has 3 aromatic rings. The summed E-state index contributed by atoms with van der Waals surface area (Å²) >= 11 is 1.54. The van der Waals surface area contributed by atoms with Gasteiger partial charge in [-0.05, 0) is 54.4 Å². The molecule has 2 aliphatic rings. The molecule has 3 aromatic carbocycles. The van der Waals surface area contributed by atoms with Gasteiger partial charge in [-0.25, -0.2) is 0 Å². The van der Waals surface area contributed by atoms with E-state index in [0.29, 0.717) is 31.3 Å². The van der Waals surface area contributed by atoms with Gasteiger partial charge in [-0.3, -0.25) is 9.69 Å². The number of amides is 1. The zero-order valence-electron chi connectivity index (χ0n) is 20.1. The number of allylic oxidation sites excluding steroid dienone is 1. The van der Waals surface area contributed by atoms with E-state index in [2.05, 4.69) is 11.0 Å². The Labute approximate surface area is 215 Å². The maximum absolute atomic E-state index is 13.2. The topological polar surface area (TPSA) is 65.8 Å². The van der Waals surface area contributed by atoms with E-state index >= 15 is 0 Å². The van der Waals surface area contributed by atoms with E-state index in [0.717, 1.165) is 33.3 Å². The van der Waals surface area contributed by atoms with Gasteiger partial charge in [0.15, 0.2) is 0 Å². The summed E-state index contributed by atoms with van der Waals surface area (Å²) in [6.07, 6.45) is 0.272. The summed E-state index contributed by atoms with van der Waals surface area (Å²) in [5.41, 5.74) is 3.73. The number of thioether (sulfide) groups is 1. The van der Waals surface area contributed by atoms with Crippen molar-refractivity contribution in [3.8, 4) is 17.6 Å². The number of carbonyl (C=O) groups is 1. The van der Waals surface area contributed by atoms with Gasteiger partial charge >= 0.3 is 0 Å². The lowest BCUT2D eigenvalue weighted by molar-refractivity contribution is -0.129. The highest BCUT2D eigenvalue weighted by molar-refractivity contribution is 8.03. The lowest BCUT2D eigenvalue weighted by Gasteiger charge is -2.42. The van der Waals surface area contributed by atoms with Crippen LogP contribution in [0.2, 0.25) is 0 Å². The van der Waals surface area contributed by atoms with Crippen LogP contribution in [0.4, 0.5) is 5.69 Å². The minimum absolute atomic E-state index is 0.0292. The second kappa shape index (κ2) is 10.8. The molecule has 182 valence electrons. The molecule has 0 unspecified atom stereocenters. The fourth-order valence-electron chi connectivity index (χ4n) is 4.47. The fourth-order valence-corrected chi connectivity index (χ4v) is 5.64. The molecule has 0 N–H and O–H groups in total. The first-order chi connectivity index (χ1) is 17.7. The molecule has 5 rings (SSSR count). The van der Waals surface area contributed by atoms with E-state index < -0.39 is 0 Å². The number of anilines is 1. The number of benzene rings is 3. The van der Waals surface area contributed by atoms with Crippen molar-refractivity contribution < 1.29 is 14.3 Å². The second-order valence-corrected chi connectivity index (χ2v) is 9.57.